The highest BCUT2D eigenvalue weighted by Crippen LogP contribution is 2.09. The molecule has 0 bridgehead atoms. The molecule has 0 unspecified atom stereocenters. The van der Waals surface area contributed by atoms with Crippen molar-refractivity contribution in [2.75, 3.05) is 32.7 Å². The summed E-state index contributed by atoms with van der Waals surface area (Å²) >= 11 is 0. The van der Waals surface area contributed by atoms with Crippen molar-refractivity contribution in [1.82, 2.24) is 9.80 Å². The molecule has 1 rings (SSSR count). The minimum atomic E-state index is 0.173. The molecule has 0 aliphatic carbocycles. The molecular formula is C10H21N3O. The summed E-state index contributed by atoms with van der Waals surface area (Å²) in [6.45, 7) is 6.07. The number of rotatable bonds is 6. The van der Waals surface area contributed by atoms with Crippen molar-refractivity contribution in [2.24, 2.45) is 5.73 Å². The first kappa shape index (κ1) is 11.3. The van der Waals surface area contributed by atoms with E-state index in [9.17, 15) is 4.79 Å². The van der Waals surface area contributed by atoms with E-state index >= 15 is 0 Å². The maximum atomic E-state index is 11.7. The molecule has 82 valence electrons. The van der Waals surface area contributed by atoms with Gasteiger partial charge in [-0.15, -0.1) is 0 Å². The van der Waals surface area contributed by atoms with Gasteiger partial charge in [-0.1, -0.05) is 19.8 Å². The number of urea groups is 1. The van der Waals surface area contributed by atoms with Crippen LogP contribution in [0.5, 0.6) is 0 Å². The Morgan fingerprint density at radius 3 is 2.43 bits per heavy atom. The molecule has 0 spiro atoms. The molecule has 1 aliphatic rings. The van der Waals surface area contributed by atoms with Gasteiger partial charge in [0, 0.05) is 32.7 Å². The molecule has 4 heteroatoms. The first-order valence-electron chi connectivity index (χ1n) is 5.53. The third-order valence-electron chi connectivity index (χ3n) is 2.61. The second kappa shape index (κ2) is 5.86. The molecule has 2 N–H and O–H groups in total. The van der Waals surface area contributed by atoms with Crippen LogP contribution in [0.25, 0.3) is 0 Å². The van der Waals surface area contributed by atoms with Gasteiger partial charge in [0.05, 0.1) is 0 Å². The highest BCUT2D eigenvalue weighted by Gasteiger charge is 2.26. The van der Waals surface area contributed by atoms with Crippen LogP contribution in [0.1, 0.15) is 26.2 Å². The van der Waals surface area contributed by atoms with Crippen molar-refractivity contribution in [3.05, 3.63) is 0 Å². The standard InChI is InChI=1S/C10H21N3O/c1-2-3-4-6-12-8-9-13(7-5-11)10(12)14/h2-9,11H2,1H3. The summed E-state index contributed by atoms with van der Waals surface area (Å²) in [5, 5.41) is 0. The van der Waals surface area contributed by atoms with Crippen LogP contribution in [0.4, 0.5) is 4.79 Å². The van der Waals surface area contributed by atoms with E-state index in [1.165, 1.54) is 12.8 Å². The maximum absolute atomic E-state index is 11.7. The zero-order valence-electron chi connectivity index (χ0n) is 9.04. The summed E-state index contributed by atoms with van der Waals surface area (Å²) in [7, 11) is 0. The number of nitrogens with two attached hydrogens (primary N) is 1. The zero-order chi connectivity index (χ0) is 10.4. The highest BCUT2D eigenvalue weighted by atomic mass is 16.2. The molecule has 1 fully saturated rings. The number of amides is 2. The fourth-order valence-electron chi connectivity index (χ4n) is 1.76. The van der Waals surface area contributed by atoms with E-state index in [2.05, 4.69) is 6.92 Å². The fourth-order valence-corrected chi connectivity index (χ4v) is 1.76. The number of hydrogen-bond donors (Lipinski definition) is 1. The molecule has 4 nitrogen and oxygen atoms in total. The first-order valence-corrected chi connectivity index (χ1v) is 5.53. The van der Waals surface area contributed by atoms with Gasteiger partial charge in [0.1, 0.15) is 0 Å². The lowest BCUT2D eigenvalue weighted by atomic mass is 10.2. The van der Waals surface area contributed by atoms with Crippen molar-refractivity contribution in [3.8, 4) is 0 Å². The molecule has 0 saturated carbocycles. The molecule has 14 heavy (non-hydrogen) atoms. The van der Waals surface area contributed by atoms with Crippen LogP contribution in [-0.2, 0) is 0 Å². The van der Waals surface area contributed by atoms with Crippen LogP contribution in [0, 0.1) is 0 Å². The predicted molar refractivity (Wildman–Crippen MR) is 57.1 cm³/mol. The average Bonchev–Trinajstić information content (AvgIpc) is 2.51. The Labute approximate surface area is 86.0 Å². The van der Waals surface area contributed by atoms with E-state index in [0.717, 1.165) is 26.1 Å². The Kier molecular flexibility index (Phi) is 4.73. The third-order valence-corrected chi connectivity index (χ3v) is 2.61. The number of nitrogens with zero attached hydrogens (tertiary/aromatic N) is 2. The molecule has 0 atom stereocenters. The van der Waals surface area contributed by atoms with Crippen molar-refractivity contribution in [1.29, 1.82) is 0 Å². The van der Waals surface area contributed by atoms with E-state index in [0.29, 0.717) is 13.1 Å². The minimum absolute atomic E-state index is 0.173. The average molecular weight is 199 g/mol. The lowest BCUT2D eigenvalue weighted by molar-refractivity contribution is 0.192. The van der Waals surface area contributed by atoms with Gasteiger partial charge in [-0.3, -0.25) is 0 Å². The zero-order valence-corrected chi connectivity index (χ0v) is 9.04. The van der Waals surface area contributed by atoms with E-state index in [-0.39, 0.29) is 6.03 Å². The lowest BCUT2D eigenvalue weighted by Crippen LogP contribution is -2.35. The Morgan fingerprint density at radius 1 is 1.21 bits per heavy atom. The second-order valence-electron chi connectivity index (χ2n) is 3.75. The quantitative estimate of drug-likeness (QED) is 0.645. The maximum Gasteiger partial charge on any atom is 0.320 e. The molecule has 0 aromatic carbocycles. The Hall–Kier alpha value is -0.770. The summed E-state index contributed by atoms with van der Waals surface area (Å²) in [4.78, 5) is 15.5. The van der Waals surface area contributed by atoms with Gasteiger partial charge in [-0.05, 0) is 6.42 Å². The molecule has 1 saturated heterocycles. The van der Waals surface area contributed by atoms with E-state index < -0.39 is 0 Å². The number of hydrogen-bond acceptors (Lipinski definition) is 2. The molecule has 1 aliphatic heterocycles. The summed E-state index contributed by atoms with van der Waals surface area (Å²) in [6.07, 6.45) is 3.54. The van der Waals surface area contributed by atoms with Gasteiger partial charge in [-0.25, -0.2) is 4.79 Å². The Balaban J connectivity index is 2.25. The normalized spacial score (nSPS) is 16.9. The molecule has 2 amide bonds. The van der Waals surface area contributed by atoms with Crippen molar-refractivity contribution < 1.29 is 4.79 Å². The van der Waals surface area contributed by atoms with Crippen LogP contribution in [0.3, 0.4) is 0 Å². The van der Waals surface area contributed by atoms with Crippen molar-refractivity contribution in [3.63, 3.8) is 0 Å². The fraction of sp³-hybridized carbons (Fsp3) is 0.900. The Bertz CT molecular complexity index is 184. The van der Waals surface area contributed by atoms with Gasteiger partial charge in [0.15, 0.2) is 0 Å². The molecule has 0 aromatic heterocycles. The van der Waals surface area contributed by atoms with Gasteiger partial charge in [-0.2, -0.15) is 0 Å². The van der Waals surface area contributed by atoms with Gasteiger partial charge >= 0.3 is 6.03 Å². The van der Waals surface area contributed by atoms with Crippen LogP contribution in [-0.4, -0.2) is 48.6 Å². The SMILES string of the molecule is CCCCCN1CCN(CCN)C1=O. The van der Waals surface area contributed by atoms with Gasteiger partial charge in [0.2, 0.25) is 0 Å². The largest absolute Gasteiger partial charge is 0.329 e. The van der Waals surface area contributed by atoms with Gasteiger partial charge in [0.25, 0.3) is 0 Å². The second-order valence-corrected chi connectivity index (χ2v) is 3.75. The molecular weight excluding hydrogens is 178 g/mol. The number of unbranched alkanes of at least 4 members (excludes halogenated alkanes) is 2. The predicted octanol–water partition coefficient (Wildman–Crippen LogP) is 0.873. The third kappa shape index (κ3) is 2.87. The summed E-state index contributed by atoms with van der Waals surface area (Å²) in [5.74, 6) is 0. The smallest absolute Gasteiger partial charge is 0.320 e. The summed E-state index contributed by atoms with van der Waals surface area (Å²) in [5.41, 5.74) is 5.43. The van der Waals surface area contributed by atoms with Crippen LogP contribution >= 0.6 is 0 Å². The Morgan fingerprint density at radius 2 is 1.86 bits per heavy atom. The van der Waals surface area contributed by atoms with E-state index in [4.69, 9.17) is 5.73 Å². The van der Waals surface area contributed by atoms with Gasteiger partial charge < -0.3 is 15.5 Å². The lowest BCUT2D eigenvalue weighted by Gasteiger charge is -2.17. The van der Waals surface area contributed by atoms with Crippen LogP contribution in [0.2, 0.25) is 0 Å². The topological polar surface area (TPSA) is 49.6 Å². The molecule has 0 radical (unpaired) electrons. The van der Waals surface area contributed by atoms with Crippen molar-refractivity contribution >= 4 is 6.03 Å². The van der Waals surface area contributed by atoms with Crippen molar-refractivity contribution in [2.45, 2.75) is 26.2 Å². The molecule has 1 heterocycles. The van der Waals surface area contributed by atoms with E-state index in [1.54, 1.807) is 0 Å². The monoisotopic (exact) mass is 199 g/mol. The summed E-state index contributed by atoms with van der Waals surface area (Å²) < 4.78 is 0. The molecule has 0 aromatic rings. The number of carbonyl (C=O) groups is 1. The number of carbonyl (C=O) groups excluding carboxylic acids is 1. The first-order chi connectivity index (χ1) is 6.79. The van der Waals surface area contributed by atoms with Crippen LogP contribution in [0.15, 0.2) is 0 Å². The summed E-state index contributed by atoms with van der Waals surface area (Å²) in [6, 6.07) is 0.173. The highest BCUT2D eigenvalue weighted by molar-refractivity contribution is 5.76. The van der Waals surface area contributed by atoms with E-state index in [1.807, 2.05) is 9.80 Å². The van der Waals surface area contributed by atoms with Crippen LogP contribution < -0.4 is 5.73 Å². The minimum Gasteiger partial charge on any atom is -0.329 e.